The van der Waals surface area contributed by atoms with Crippen molar-refractivity contribution in [3.63, 3.8) is 0 Å². The van der Waals surface area contributed by atoms with E-state index in [4.69, 9.17) is 0 Å². The zero-order valence-corrected chi connectivity index (χ0v) is 7.47. The summed E-state index contributed by atoms with van der Waals surface area (Å²) in [5.41, 5.74) is 0.605. The fraction of sp³-hybridized carbons (Fsp3) is 0.900. The van der Waals surface area contributed by atoms with Crippen LogP contribution in [0.4, 0.5) is 0 Å². The van der Waals surface area contributed by atoms with Crippen molar-refractivity contribution < 1.29 is 0 Å². The lowest BCUT2D eigenvalue weighted by Crippen LogP contribution is -2.53. The molecule has 2 rings (SSSR count). The van der Waals surface area contributed by atoms with E-state index in [2.05, 4.69) is 18.2 Å². The molecule has 0 spiro atoms. The second-order valence-corrected chi connectivity index (χ2v) is 4.20. The van der Waals surface area contributed by atoms with Crippen molar-refractivity contribution in [1.29, 1.82) is 0 Å². The third-order valence-corrected chi connectivity index (χ3v) is 3.40. The Morgan fingerprint density at radius 2 is 1.82 bits per heavy atom. The molecule has 11 heavy (non-hydrogen) atoms. The van der Waals surface area contributed by atoms with E-state index in [9.17, 15) is 0 Å². The van der Waals surface area contributed by atoms with Crippen LogP contribution in [0.5, 0.6) is 0 Å². The highest BCUT2D eigenvalue weighted by atomic mass is 15.2. The number of piperidine rings is 1. The van der Waals surface area contributed by atoms with Crippen molar-refractivity contribution in [2.45, 2.75) is 44.6 Å². The molecule has 1 radical (unpaired) electrons. The van der Waals surface area contributed by atoms with Crippen LogP contribution in [0.1, 0.15) is 39.0 Å². The Labute approximate surface area is 69.8 Å². The Morgan fingerprint density at radius 1 is 1.18 bits per heavy atom. The molecule has 0 aromatic heterocycles. The Kier molecular flexibility index (Phi) is 1.92. The summed E-state index contributed by atoms with van der Waals surface area (Å²) in [5.74, 6) is 0. The van der Waals surface area contributed by atoms with Gasteiger partial charge in [0, 0.05) is 5.54 Å². The highest BCUT2D eigenvalue weighted by molar-refractivity contribution is 4.96. The summed E-state index contributed by atoms with van der Waals surface area (Å²) in [6.45, 7) is 5.06. The molecule has 63 valence electrons. The van der Waals surface area contributed by atoms with Crippen LogP contribution in [0.2, 0.25) is 0 Å². The van der Waals surface area contributed by atoms with E-state index in [-0.39, 0.29) is 0 Å². The van der Waals surface area contributed by atoms with Gasteiger partial charge in [-0.05, 0) is 58.5 Å². The summed E-state index contributed by atoms with van der Waals surface area (Å²) in [4.78, 5) is 2.69. The Morgan fingerprint density at radius 3 is 2.27 bits per heavy atom. The van der Waals surface area contributed by atoms with E-state index in [1.807, 2.05) is 0 Å². The summed E-state index contributed by atoms with van der Waals surface area (Å²) < 4.78 is 0. The first-order valence-electron chi connectivity index (χ1n) is 4.88. The van der Waals surface area contributed by atoms with Crippen molar-refractivity contribution in [3.8, 4) is 0 Å². The van der Waals surface area contributed by atoms with Crippen molar-refractivity contribution in [3.05, 3.63) is 6.42 Å². The quantitative estimate of drug-likeness (QED) is 0.557. The molecular formula is C10H18N. The summed E-state index contributed by atoms with van der Waals surface area (Å²) >= 11 is 0. The standard InChI is InChI=1S/C10H18N/c1-10(6-5-7-10)11-8-3-2-4-9-11/h2H,3-9H2,1H3. The highest BCUT2D eigenvalue weighted by Crippen LogP contribution is 2.38. The maximum atomic E-state index is 2.69. The number of hydrogen-bond acceptors (Lipinski definition) is 1. The monoisotopic (exact) mass is 152 g/mol. The van der Waals surface area contributed by atoms with Crippen LogP contribution in [0, 0.1) is 6.42 Å². The third-order valence-electron chi connectivity index (χ3n) is 3.40. The van der Waals surface area contributed by atoms with Gasteiger partial charge in [-0.15, -0.1) is 0 Å². The predicted octanol–water partition coefficient (Wildman–Crippen LogP) is 2.23. The summed E-state index contributed by atoms with van der Waals surface area (Å²) in [7, 11) is 0. The Hall–Kier alpha value is -0.0400. The summed E-state index contributed by atoms with van der Waals surface area (Å²) in [6, 6.07) is 0. The van der Waals surface area contributed by atoms with Crippen LogP contribution in [-0.4, -0.2) is 23.5 Å². The lowest BCUT2D eigenvalue weighted by atomic mass is 9.76. The average molecular weight is 152 g/mol. The SMILES string of the molecule is CC1(N2CC[CH]CC2)CCC1. The molecule has 2 aliphatic rings. The van der Waals surface area contributed by atoms with E-state index in [1.54, 1.807) is 0 Å². The van der Waals surface area contributed by atoms with Crippen molar-refractivity contribution in [2.24, 2.45) is 0 Å². The van der Waals surface area contributed by atoms with E-state index in [0.29, 0.717) is 5.54 Å². The van der Waals surface area contributed by atoms with E-state index in [0.717, 1.165) is 0 Å². The molecule has 1 heteroatoms. The smallest absolute Gasteiger partial charge is 0.0181 e. The lowest BCUT2D eigenvalue weighted by molar-refractivity contribution is 0.0252. The normalized spacial score (nSPS) is 31.4. The van der Waals surface area contributed by atoms with Crippen LogP contribution in [0.3, 0.4) is 0 Å². The second kappa shape index (κ2) is 2.78. The minimum absolute atomic E-state index is 0.605. The van der Waals surface area contributed by atoms with E-state index in [1.165, 1.54) is 45.2 Å². The minimum Gasteiger partial charge on any atom is -0.298 e. The molecular weight excluding hydrogens is 134 g/mol. The highest BCUT2D eigenvalue weighted by Gasteiger charge is 2.37. The van der Waals surface area contributed by atoms with Gasteiger partial charge in [-0.3, -0.25) is 4.90 Å². The molecule has 0 aromatic rings. The summed E-state index contributed by atoms with van der Waals surface area (Å²) in [5, 5.41) is 0. The van der Waals surface area contributed by atoms with Crippen LogP contribution in [0.15, 0.2) is 0 Å². The van der Waals surface area contributed by atoms with Crippen molar-refractivity contribution in [2.75, 3.05) is 13.1 Å². The molecule has 0 aromatic carbocycles. The molecule has 0 N–H and O–H groups in total. The largest absolute Gasteiger partial charge is 0.298 e. The topological polar surface area (TPSA) is 3.24 Å². The van der Waals surface area contributed by atoms with Crippen LogP contribution in [0.25, 0.3) is 0 Å². The molecule has 1 heterocycles. The predicted molar refractivity (Wildman–Crippen MR) is 47.4 cm³/mol. The Balaban J connectivity index is 1.91. The first kappa shape index (κ1) is 7.60. The minimum atomic E-state index is 0.605. The molecule has 0 unspecified atom stereocenters. The van der Waals surface area contributed by atoms with Gasteiger partial charge in [-0.2, -0.15) is 0 Å². The van der Waals surface area contributed by atoms with Crippen molar-refractivity contribution >= 4 is 0 Å². The molecule has 1 aliphatic carbocycles. The zero-order valence-electron chi connectivity index (χ0n) is 7.47. The average Bonchev–Trinajstić information content (AvgIpc) is 2.02. The number of hydrogen-bond donors (Lipinski definition) is 0. The Bertz CT molecular complexity index is 132. The van der Waals surface area contributed by atoms with Gasteiger partial charge in [0.25, 0.3) is 0 Å². The van der Waals surface area contributed by atoms with Gasteiger partial charge in [-0.25, -0.2) is 0 Å². The molecule has 0 amide bonds. The first-order chi connectivity index (χ1) is 5.31. The van der Waals surface area contributed by atoms with Gasteiger partial charge < -0.3 is 0 Å². The maximum absolute atomic E-state index is 2.69. The molecule has 1 saturated heterocycles. The maximum Gasteiger partial charge on any atom is 0.0181 e. The first-order valence-corrected chi connectivity index (χ1v) is 4.88. The molecule has 0 bridgehead atoms. The second-order valence-electron chi connectivity index (χ2n) is 4.20. The van der Waals surface area contributed by atoms with Gasteiger partial charge in [0.05, 0.1) is 0 Å². The van der Waals surface area contributed by atoms with E-state index < -0.39 is 0 Å². The number of rotatable bonds is 1. The van der Waals surface area contributed by atoms with Gasteiger partial charge >= 0.3 is 0 Å². The fourth-order valence-corrected chi connectivity index (χ4v) is 2.29. The fourth-order valence-electron chi connectivity index (χ4n) is 2.29. The lowest BCUT2D eigenvalue weighted by Gasteiger charge is -2.49. The van der Waals surface area contributed by atoms with Gasteiger partial charge in [0.2, 0.25) is 0 Å². The molecule has 2 fully saturated rings. The van der Waals surface area contributed by atoms with Gasteiger partial charge in [0.1, 0.15) is 0 Å². The van der Waals surface area contributed by atoms with Crippen LogP contribution >= 0.6 is 0 Å². The third kappa shape index (κ3) is 1.31. The van der Waals surface area contributed by atoms with E-state index >= 15 is 0 Å². The molecule has 0 atom stereocenters. The molecule has 1 aliphatic heterocycles. The van der Waals surface area contributed by atoms with Gasteiger partial charge in [0.15, 0.2) is 0 Å². The molecule has 1 nitrogen and oxygen atoms in total. The number of nitrogens with zero attached hydrogens (tertiary/aromatic N) is 1. The molecule has 1 saturated carbocycles. The van der Waals surface area contributed by atoms with Gasteiger partial charge in [-0.1, -0.05) is 0 Å². The number of likely N-dealkylation sites (tertiary alicyclic amines) is 1. The van der Waals surface area contributed by atoms with Crippen molar-refractivity contribution in [1.82, 2.24) is 4.90 Å². The summed E-state index contributed by atoms with van der Waals surface area (Å²) in [6.07, 6.45) is 9.39. The van der Waals surface area contributed by atoms with Crippen LogP contribution in [-0.2, 0) is 0 Å². The zero-order chi connectivity index (χ0) is 7.73. The van der Waals surface area contributed by atoms with Crippen LogP contribution < -0.4 is 0 Å².